The second kappa shape index (κ2) is 12.5. The van der Waals surface area contributed by atoms with Gasteiger partial charge in [0.1, 0.15) is 16.8 Å². The number of ether oxygens (including phenoxy) is 1. The number of hydrogen-bond acceptors (Lipinski definition) is 8. The minimum atomic E-state index is -4.95. The highest BCUT2D eigenvalue weighted by Gasteiger charge is 2.44. The largest absolute Gasteiger partial charge is 0.496 e. The van der Waals surface area contributed by atoms with Crippen molar-refractivity contribution in [2.45, 2.75) is 63.8 Å². The molecule has 1 amide bonds. The minimum absolute atomic E-state index is 0.0270. The Morgan fingerprint density at radius 2 is 1.96 bits per heavy atom. The van der Waals surface area contributed by atoms with Gasteiger partial charge in [0.25, 0.3) is 5.91 Å². The van der Waals surface area contributed by atoms with E-state index in [1.54, 1.807) is 30.9 Å². The number of likely N-dealkylation sites (tertiary alicyclic amines) is 1. The molecule has 0 unspecified atom stereocenters. The van der Waals surface area contributed by atoms with Crippen molar-refractivity contribution in [3.05, 3.63) is 41.2 Å². The summed E-state index contributed by atoms with van der Waals surface area (Å²) in [6, 6.07) is 6.72. The Balaban J connectivity index is 1.62. The molecule has 256 valence electrons. The summed E-state index contributed by atoms with van der Waals surface area (Å²) in [4.78, 5) is 23.0. The molecule has 2 atom stereocenters. The predicted molar refractivity (Wildman–Crippen MR) is 176 cm³/mol. The zero-order valence-electron chi connectivity index (χ0n) is 28.1. The summed E-state index contributed by atoms with van der Waals surface area (Å²) in [5.74, 6) is 4.03. The maximum atomic E-state index is 17.0. The summed E-state index contributed by atoms with van der Waals surface area (Å²) in [6.07, 6.45) is -4.28. The van der Waals surface area contributed by atoms with E-state index in [9.17, 15) is 23.2 Å². The van der Waals surface area contributed by atoms with Crippen molar-refractivity contribution in [3.8, 4) is 34.8 Å². The number of anilines is 1. The molecule has 2 saturated heterocycles. The van der Waals surface area contributed by atoms with E-state index in [1.165, 1.54) is 17.9 Å². The minimum Gasteiger partial charge on any atom is -0.496 e. The van der Waals surface area contributed by atoms with Gasteiger partial charge in [0.05, 0.1) is 36.7 Å². The number of nitriles is 1. The number of methoxy groups -OCH3 is 1. The van der Waals surface area contributed by atoms with Crippen LogP contribution >= 0.6 is 0 Å². The Bertz CT molecular complexity index is 2070. The number of para-hydroxylation sites is 1. The number of carbonyl (C=O) groups excluding carboxylic acids is 1. The Morgan fingerprint density at radius 3 is 2.59 bits per heavy atom. The average molecular weight is 677 g/mol. The van der Waals surface area contributed by atoms with E-state index < -0.39 is 41.1 Å². The van der Waals surface area contributed by atoms with Crippen LogP contribution in [0.5, 0.6) is 5.75 Å². The summed E-state index contributed by atoms with van der Waals surface area (Å²) in [6.45, 7) is 6.58. The van der Waals surface area contributed by atoms with Crippen LogP contribution in [0.25, 0.3) is 33.1 Å². The molecule has 2 aliphatic rings. The fourth-order valence-electron chi connectivity index (χ4n) is 7.07. The lowest BCUT2D eigenvalue weighted by Gasteiger charge is -2.52. The van der Waals surface area contributed by atoms with Crippen LogP contribution in [-0.2, 0) is 11.0 Å². The van der Waals surface area contributed by atoms with Crippen LogP contribution in [-0.4, -0.2) is 88.1 Å². The molecule has 0 saturated carbocycles. The molecule has 4 aromatic rings. The number of aryl methyl sites for hydroxylation is 1. The quantitative estimate of drug-likeness (QED) is 0.189. The van der Waals surface area contributed by atoms with Gasteiger partial charge >= 0.3 is 6.18 Å². The highest BCUT2D eigenvalue weighted by atomic mass is 19.4. The number of fused-ring (bicyclic) bond motifs is 3. The number of amides is 1. The van der Waals surface area contributed by atoms with Crippen molar-refractivity contribution in [3.63, 3.8) is 0 Å². The SMILES string of the molecule is CC#CC(=O)N1CC[C@H](n2nnc3c(N4CC(C)(N(C)C)C4)nc4c(F)c(-c5cccc(C)c5OC)c(C(F)(F)F)cc4c32)C[C@H]1CC#N. The first kappa shape index (κ1) is 33.9. The number of likely N-dealkylation sites (N-methyl/N-ethyl adjacent to an activating group) is 1. The van der Waals surface area contributed by atoms with Crippen LogP contribution in [0.15, 0.2) is 24.3 Å². The van der Waals surface area contributed by atoms with Crippen molar-refractivity contribution >= 4 is 33.7 Å². The van der Waals surface area contributed by atoms with E-state index in [0.717, 1.165) is 6.07 Å². The molecule has 0 bridgehead atoms. The summed E-state index contributed by atoms with van der Waals surface area (Å²) in [5, 5.41) is 18.4. The molecule has 10 nitrogen and oxygen atoms in total. The second-order valence-corrected chi connectivity index (χ2v) is 13.1. The molecule has 0 N–H and O–H groups in total. The Morgan fingerprint density at radius 1 is 1.22 bits per heavy atom. The van der Waals surface area contributed by atoms with Crippen LogP contribution in [0.2, 0.25) is 0 Å². The third kappa shape index (κ3) is 5.68. The molecule has 0 radical (unpaired) electrons. The normalized spacial score (nSPS) is 19.1. The maximum Gasteiger partial charge on any atom is 0.417 e. The smallest absolute Gasteiger partial charge is 0.417 e. The van der Waals surface area contributed by atoms with Crippen molar-refractivity contribution in [2.75, 3.05) is 45.7 Å². The van der Waals surface area contributed by atoms with E-state index in [4.69, 9.17) is 9.72 Å². The predicted octanol–water partition coefficient (Wildman–Crippen LogP) is 5.73. The van der Waals surface area contributed by atoms with Gasteiger partial charge in [0.2, 0.25) is 0 Å². The number of pyridine rings is 1. The van der Waals surface area contributed by atoms with Gasteiger partial charge in [-0.1, -0.05) is 29.3 Å². The number of aromatic nitrogens is 4. The first-order chi connectivity index (χ1) is 23.2. The Labute approximate surface area is 281 Å². The van der Waals surface area contributed by atoms with Gasteiger partial charge in [-0.05, 0) is 65.3 Å². The number of hydrogen-bond donors (Lipinski definition) is 0. The number of carbonyl (C=O) groups is 1. The van der Waals surface area contributed by atoms with E-state index in [1.807, 2.05) is 19.0 Å². The number of piperidine rings is 1. The summed E-state index contributed by atoms with van der Waals surface area (Å²) >= 11 is 0. The van der Waals surface area contributed by atoms with Crippen molar-refractivity contribution < 1.29 is 27.1 Å². The highest BCUT2D eigenvalue weighted by molar-refractivity contribution is 6.09. The molecule has 2 aromatic heterocycles. The van der Waals surface area contributed by atoms with Crippen LogP contribution in [0, 0.1) is 35.9 Å². The lowest BCUT2D eigenvalue weighted by atomic mass is 9.90. The maximum absolute atomic E-state index is 17.0. The van der Waals surface area contributed by atoms with Gasteiger partial charge in [-0.25, -0.2) is 14.1 Å². The molecule has 2 aliphatic heterocycles. The van der Waals surface area contributed by atoms with E-state index in [-0.39, 0.29) is 58.2 Å². The fourth-order valence-corrected chi connectivity index (χ4v) is 7.07. The monoisotopic (exact) mass is 676 g/mol. The third-order valence-corrected chi connectivity index (χ3v) is 9.91. The van der Waals surface area contributed by atoms with E-state index in [2.05, 4.69) is 40.0 Å². The molecule has 2 aromatic carbocycles. The van der Waals surface area contributed by atoms with Crippen molar-refractivity contribution in [1.82, 2.24) is 29.8 Å². The Kier molecular flexibility index (Phi) is 8.65. The Hall–Kier alpha value is -4.95. The summed E-state index contributed by atoms with van der Waals surface area (Å²) < 4.78 is 68.9. The molecular formula is C35H36F4N8O2. The van der Waals surface area contributed by atoms with Gasteiger partial charge in [0.15, 0.2) is 17.2 Å². The van der Waals surface area contributed by atoms with Crippen molar-refractivity contribution in [1.29, 1.82) is 5.26 Å². The zero-order chi connectivity index (χ0) is 35.4. The van der Waals surface area contributed by atoms with Crippen LogP contribution in [0.3, 0.4) is 0 Å². The number of rotatable bonds is 6. The lowest BCUT2D eigenvalue weighted by Crippen LogP contribution is -2.67. The molecule has 2 fully saturated rings. The molecular weight excluding hydrogens is 640 g/mol. The first-order valence-electron chi connectivity index (χ1n) is 15.9. The zero-order valence-corrected chi connectivity index (χ0v) is 28.1. The lowest BCUT2D eigenvalue weighted by molar-refractivity contribution is -0.137. The summed E-state index contributed by atoms with van der Waals surface area (Å²) in [5.41, 5.74) is -1.36. The van der Waals surface area contributed by atoms with Gasteiger partial charge in [-0.3, -0.25) is 4.79 Å². The van der Waals surface area contributed by atoms with E-state index in [0.29, 0.717) is 30.9 Å². The van der Waals surface area contributed by atoms with Crippen LogP contribution < -0.4 is 9.64 Å². The average Bonchev–Trinajstić information content (AvgIpc) is 3.48. The highest BCUT2D eigenvalue weighted by Crippen LogP contribution is 2.47. The standard InChI is InChI=1S/C35H36F4N8O2/c1-7-9-26(48)46-15-13-22(16-21(46)12-14-40)47-31-24-17-25(35(37,38)39)27(23-11-8-10-20(2)32(23)49-6)28(36)29(24)41-33(30(31)42-43-47)45-18-34(3,19-45)44(4)5/h8,10-11,17,21-22H,12-13,15-16,18-19H2,1-6H3/t21-,22+/m1/s1. The topological polar surface area (TPSA) is 103 Å². The molecule has 0 spiro atoms. The molecule has 4 heterocycles. The number of benzene rings is 2. The second-order valence-electron chi connectivity index (χ2n) is 13.1. The van der Waals surface area contributed by atoms with Gasteiger partial charge in [0, 0.05) is 42.2 Å². The number of nitrogens with zero attached hydrogens (tertiary/aromatic N) is 8. The first-order valence-corrected chi connectivity index (χ1v) is 15.9. The van der Waals surface area contributed by atoms with Crippen LogP contribution in [0.4, 0.5) is 23.4 Å². The van der Waals surface area contributed by atoms with Crippen LogP contribution in [0.1, 0.15) is 50.3 Å². The van der Waals surface area contributed by atoms with Crippen molar-refractivity contribution in [2.24, 2.45) is 0 Å². The van der Waals surface area contributed by atoms with Gasteiger partial charge < -0.3 is 19.4 Å². The molecule has 0 aliphatic carbocycles. The number of alkyl halides is 3. The third-order valence-electron chi connectivity index (χ3n) is 9.91. The summed E-state index contributed by atoms with van der Waals surface area (Å²) in [7, 11) is 5.25. The molecule has 49 heavy (non-hydrogen) atoms. The van der Waals surface area contributed by atoms with Gasteiger partial charge in [-0.2, -0.15) is 18.4 Å². The fraction of sp³-hybridized carbons (Fsp3) is 0.457. The number of halogens is 4. The van der Waals surface area contributed by atoms with Gasteiger partial charge in [-0.15, -0.1) is 5.10 Å². The molecule has 6 rings (SSSR count). The van der Waals surface area contributed by atoms with E-state index >= 15 is 4.39 Å². The molecule has 14 heteroatoms.